The van der Waals surface area contributed by atoms with Gasteiger partial charge in [0.15, 0.2) is 0 Å². The molecule has 0 unspecified atom stereocenters. The van der Waals surface area contributed by atoms with Crippen LogP contribution in [-0.4, -0.2) is 16.0 Å². The van der Waals surface area contributed by atoms with Gasteiger partial charge in [-0.1, -0.05) is 0 Å². The molecule has 7 heteroatoms. The number of aromatic hydroxyl groups is 1. The summed E-state index contributed by atoms with van der Waals surface area (Å²) >= 11 is 9.90. The number of rotatable bonds is 1. The third-order valence-corrected chi connectivity index (χ3v) is 4.61. The Hall–Kier alpha value is -1.18. The van der Waals surface area contributed by atoms with Gasteiger partial charge >= 0.3 is 0 Å². The number of aromatic nitrogens is 1. The summed E-state index contributed by atoms with van der Waals surface area (Å²) < 4.78 is 1.90. The highest BCUT2D eigenvalue weighted by molar-refractivity contribution is 9.11. The van der Waals surface area contributed by atoms with Gasteiger partial charge in [0.2, 0.25) is 0 Å². The molecule has 0 saturated heterocycles. The number of amides is 1. The molecule has 106 valence electrons. The molecular formula is C14H7Br3N2O2. The Labute approximate surface area is 145 Å². The fourth-order valence-corrected chi connectivity index (χ4v) is 3.57. The second-order valence-corrected chi connectivity index (χ2v) is 7.02. The van der Waals surface area contributed by atoms with E-state index in [0.29, 0.717) is 20.3 Å². The predicted molar refractivity (Wildman–Crippen MR) is 91.9 cm³/mol. The quantitative estimate of drug-likeness (QED) is 0.595. The van der Waals surface area contributed by atoms with Crippen molar-refractivity contribution in [2.24, 2.45) is 0 Å². The highest BCUT2D eigenvalue weighted by atomic mass is 79.9. The van der Waals surface area contributed by atoms with Crippen LogP contribution in [0.5, 0.6) is 5.75 Å². The van der Waals surface area contributed by atoms with Crippen molar-refractivity contribution < 1.29 is 9.90 Å². The zero-order valence-corrected chi connectivity index (χ0v) is 15.1. The number of phenolic OH excluding ortho intramolecular Hbond substituents is 1. The van der Waals surface area contributed by atoms with E-state index in [0.717, 1.165) is 15.6 Å². The molecule has 1 aliphatic heterocycles. The first-order chi connectivity index (χ1) is 9.95. The van der Waals surface area contributed by atoms with Crippen LogP contribution in [0.3, 0.4) is 0 Å². The number of carbonyl (C=O) groups excluding carboxylic acids is 1. The van der Waals surface area contributed by atoms with E-state index < -0.39 is 0 Å². The Kier molecular flexibility index (Phi) is 3.90. The topological polar surface area (TPSA) is 62.2 Å². The number of phenols is 1. The summed E-state index contributed by atoms with van der Waals surface area (Å²) in [5.74, 6) is 0.472. The van der Waals surface area contributed by atoms with Crippen molar-refractivity contribution in [3.63, 3.8) is 0 Å². The van der Waals surface area contributed by atoms with Gasteiger partial charge in [0.1, 0.15) is 11.6 Å². The standard InChI is InChI=1S/C14H7Br3N2O2/c15-7-4-8-9(14(21)19-13(8)18-5-7)1-6-2-10(16)12(20)11(17)3-6/h1-5,20H,(H,18,19,21)/b9-1+. The second-order valence-electron chi connectivity index (χ2n) is 4.39. The van der Waals surface area contributed by atoms with Gasteiger partial charge < -0.3 is 10.4 Å². The molecular weight excluding hydrogens is 468 g/mol. The Morgan fingerprint density at radius 2 is 1.81 bits per heavy atom. The van der Waals surface area contributed by atoms with Gasteiger partial charge in [-0.25, -0.2) is 4.98 Å². The summed E-state index contributed by atoms with van der Waals surface area (Å²) in [6.07, 6.45) is 3.39. The molecule has 2 aromatic rings. The first-order valence-electron chi connectivity index (χ1n) is 5.82. The maximum absolute atomic E-state index is 12.1. The van der Waals surface area contributed by atoms with Gasteiger partial charge in [0.25, 0.3) is 5.91 Å². The van der Waals surface area contributed by atoms with Crippen LogP contribution in [0, 0.1) is 0 Å². The smallest absolute Gasteiger partial charge is 0.257 e. The minimum Gasteiger partial charge on any atom is -0.506 e. The van der Waals surface area contributed by atoms with Gasteiger partial charge in [-0.3, -0.25) is 4.79 Å². The van der Waals surface area contributed by atoms with Crippen LogP contribution in [0.1, 0.15) is 11.1 Å². The molecule has 1 aliphatic rings. The van der Waals surface area contributed by atoms with Crippen LogP contribution in [0.2, 0.25) is 0 Å². The van der Waals surface area contributed by atoms with E-state index in [9.17, 15) is 9.90 Å². The number of nitrogens with one attached hydrogen (secondary N) is 1. The maximum Gasteiger partial charge on any atom is 0.257 e. The van der Waals surface area contributed by atoms with Crippen LogP contribution >= 0.6 is 47.8 Å². The van der Waals surface area contributed by atoms with E-state index in [2.05, 4.69) is 58.1 Å². The first kappa shape index (κ1) is 14.7. The predicted octanol–water partition coefficient (Wildman–Crippen LogP) is 4.57. The number of anilines is 1. The fraction of sp³-hybridized carbons (Fsp3) is 0. The third kappa shape index (κ3) is 2.77. The lowest BCUT2D eigenvalue weighted by Gasteiger charge is -2.04. The van der Waals surface area contributed by atoms with Crippen molar-refractivity contribution in [1.29, 1.82) is 0 Å². The van der Waals surface area contributed by atoms with Crippen molar-refractivity contribution in [3.05, 3.63) is 48.9 Å². The maximum atomic E-state index is 12.1. The molecule has 0 atom stereocenters. The van der Waals surface area contributed by atoms with E-state index >= 15 is 0 Å². The molecule has 4 nitrogen and oxygen atoms in total. The average molecular weight is 475 g/mol. The lowest BCUT2D eigenvalue weighted by Crippen LogP contribution is -2.04. The number of carbonyl (C=O) groups is 1. The highest BCUT2D eigenvalue weighted by Crippen LogP contribution is 2.37. The van der Waals surface area contributed by atoms with Crippen LogP contribution < -0.4 is 5.32 Å². The summed E-state index contributed by atoms with van der Waals surface area (Å²) in [4.78, 5) is 16.2. The number of halogens is 3. The third-order valence-electron chi connectivity index (χ3n) is 2.97. The molecule has 0 fully saturated rings. The average Bonchev–Trinajstić information content (AvgIpc) is 2.72. The number of fused-ring (bicyclic) bond motifs is 1. The van der Waals surface area contributed by atoms with Gasteiger partial charge in [0, 0.05) is 16.2 Å². The second kappa shape index (κ2) is 5.55. The first-order valence-corrected chi connectivity index (χ1v) is 8.20. The van der Waals surface area contributed by atoms with Gasteiger partial charge in [-0.15, -0.1) is 0 Å². The molecule has 2 heterocycles. The lowest BCUT2D eigenvalue weighted by atomic mass is 10.1. The molecule has 0 bridgehead atoms. The molecule has 0 radical (unpaired) electrons. The molecule has 2 N–H and O–H groups in total. The summed E-state index contributed by atoms with van der Waals surface area (Å²) in [6.45, 7) is 0. The highest BCUT2D eigenvalue weighted by Gasteiger charge is 2.25. The van der Waals surface area contributed by atoms with E-state index in [1.807, 2.05) is 6.07 Å². The Balaban J connectivity index is 2.13. The SMILES string of the molecule is O=C1Nc2ncc(Br)cc2/C1=C\c1cc(Br)c(O)c(Br)c1. The minimum absolute atomic E-state index is 0.123. The van der Waals surface area contributed by atoms with Crippen molar-refractivity contribution in [1.82, 2.24) is 4.98 Å². The molecule has 0 aliphatic carbocycles. The summed E-state index contributed by atoms with van der Waals surface area (Å²) in [5, 5.41) is 12.5. The molecule has 21 heavy (non-hydrogen) atoms. The van der Waals surface area contributed by atoms with E-state index in [4.69, 9.17) is 0 Å². The van der Waals surface area contributed by atoms with Crippen LogP contribution in [0.25, 0.3) is 11.6 Å². The Bertz CT molecular complexity index is 780. The molecule has 3 rings (SSSR count). The minimum atomic E-state index is -0.198. The zero-order valence-electron chi connectivity index (χ0n) is 10.3. The number of hydrogen-bond acceptors (Lipinski definition) is 3. The van der Waals surface area contributed by atoms with Crippen molar-refractivity contribution >= 4 is 71.2 Å². The zero-order chi connectivity index (χ0) is 15.1. The van der Waals surface area contributed by atoms with Crippen molar-refractivity contribution in [2.75, 3.05) is 5.32 Å². The summed E-state index contributed by atoms with van der Waals surface area (Å²) in [6, 6.07) is 5.32. The number of pyridine rings is 1. The van der Waals surface area contributed by atoms with Gasteiger partial charge in [0.05, 0.1) is 14.5 Å². The molecule has 1 aromatic heterocycles. The summed E-state index contributed by atoms with van der Waals surface area (Å²) in [7, 11) is 0. The molecule has 0 spiro atoms. The molecule has 0 saturated carbocycles. The fourth-order valence-electron chi connectivity index (χ4n) is 2.02. The lowest BCUT2D eigenvalue weighted by molar-refractivity contribution is -0.110. The van der Waals surface area contributed by atoms with E-state index in [1.165, 1.54) is 0 Å². The van der Waals surface area contributed by atoms with Crippen molar-refractivity contribution in [3.8, 4) is 5.75 Å². The Morgan fingerprint density at radius 3 is 2.48 bits per heavy atom. The summed E-state index contributed by atoms with van der Waals surface area (Å²) in [5.41, 5.74) is 2.06. The van der Waals surface area contributed by atoms with Crippen molar-refractivity contribution in [2.45, 2.75) is 0 Å². The molecule has 1 amide bonds. The Morgan fingerprint density at radius 1 is 1.14 bits per heavy atom. The van der Waals surface area contributed by atoms with E-state index in [1.54, 1.807) is 24.4 Å². The van der Waals surface area contributed by atoms with Crippen LogP contribution in [-0.2, 0) is 4.79 Å². The number of nitrogens with zero attached hydrogens (tertiary/aromatic N) is 1. The van der Waals surface area contributed by atoms with E-state index in [-0.39, 0.29) is 11.7 Å². The van der Waals surface area contributed by atoms with Crippen LogP contribution in [0.15, 0.2) is 37.8 Å². The monoisotopic (exact) mass is 472 g/mol. The van der Waals surface area contributed by atoms with Gasteiger partial charge in [-0.05, 0) is 77.6 Å². The van der Waals surface area contributed by atoms with Gasteiger partial charge in [-0.2, -0.15) is 0 Å². The number of hydrogen-bond donors (Lipinski definition) is 2. The molecule has 1 aromatic carbocycles. The normalized spacial score (nSPS) is 15.2. The van der Waals surface area contributed by atoms with Crippen LogP contribution in [0.4, 0.5) is 5.82 Å². The number of benzene rings is 1. The largest absolute Gasteiger partial charge is 0.506 e.